The van der Waals surface area contributed by atoms with Crippen molar-refractivity contribution >= 4 is 35.4 Å². The number of carbonyl (C=O) groups is 1. The van der Waals surface area contributed by atoms with Crippen LogP contribution in [0.25, 0.3) is 6.08 Å². The second-order valence-electron chi connectivity index (χ2n) is 4.48. The highest BCUT2D eigenvalue weighted by Crippen LogP contribution is 2.23. The molecule has 0 radical (unpaired) electrons. The van der Waals surface area contributed by atoms with E-state index >= 15 is 0 Å². The van der Waals surface area contributed by atoms with Crippen molar-refractivity contribution in [3.63, 3.8) is 0 Å². The topological polar surface area (TPSA) is 71.6 Å². The summed E-state index contributed by atoms with van der Waals surface area (Å²) < 4.78 is 5.19. The lowest BCUT2D eigenvalue weighted by molar-refractivity contribution is -0.113. The molecule has 0 aromatic carbocycles. The van der Waals surface area contributed by atoms with E-state index in [1.54, 1.807) is 38.1 Å². The fourth-order valence-electron chi connectivity index (χ4n) is 1.99. The summed E-state index contributed by atoms with van der Waals surface area (Å²) in [5.41, 5.74) is 0.942. The van der Waals surface area contributed by atoms with Crippen molar-refractivity contribution in [2.75, 3.05) is 4.90 Å². The maximum absolute atomic E-state index is 12.4. The van der Waals surface area contributed by atoms with Gasteiger partial charge >= 0.3 is 0 Å². The Bertz CT molecular complexity index is 745. The molecule has 6 nitrogen and oxygen atoms in total. The normalized spacial score (nSPS) is 16.7. The van der Waals surface area contributed by atoms with Gasteiger partial charge in [-0.15, -0.1) is 0 Å². The van der Waals surface area contributed by atoms with Gasteiger partial charge in [-0.1, -0.05) is 11.6 Å². The van der Waals surface area contributed by atoms with E-state index < -0.39 is 0 Å². The van der Waals surface area contributed by atoms with E-state index in [0.29, 0.717) is 17.3 Å². The van der Waals surface area contributed by atoms with E-state index in [1.807, 2.05) is 0 Å². The number of carbonyl (C=O) groups excluding carboxylic acids is 1. The minimum Gasteiger partial charge on any atom is -0.465 e. The van der Waals surface area contributed by atoms with Gasteiger partial charge < -0.3 is 4.42 Å². The van der Waals surface area contributed by atoms with Crippen LogP contribution in [0.5, 0.6) is 0 Å². The first-order chi connectivity index (χ1) is 10.0. The predicted octanol–water partition coefficient (Wildman–Crippen LogP) is 2.84. The summed E-state index contributed by atoms with van der Waals surface area (Å²) in [4.78, 5) is 26.3. The van der Waals surface area contributed by atoms with Gasteiger partial charge in [-0.05, 0) is 32.0 Å². The largest absolute Gasteiger partial charge is 0.465 e. The van der Waals surface area contributed by atoms with Crippen LogP contribution in [0.3, 0.4) is 0 Å². The van der Waals surface area contributed by atoms with Gasteiger partial charge in [0.25, 0.3) is 5.91 Å². The first-order valence-electron chi connectivity index (χ1n) is 6.21. The molecule has 7 heteroatoms. The SMILES string of the molecule is CC1=N/C(=C/c2ccco2)C(=O)N1c1nc(C)cc(Cl)n1. The van der Waals surface area contributed by atoms with Gasteiger partial charge in [-0.3, -0.25) is 4.79 Å². The Morgan fingerprint density at radius 2 is 2.14 bits per heavy atom. The quantitative estimate of drug-likeness (QED) is 0.631. The molecule has 0 atom stereocenters. The van der Waals surface area contributed by atoms with Gasteiger partial charge in [0.15, 0.2) is 0 Å². The Hall–Kier alpha value is -2.47. The third-order valence-electron chi connectivity index (χ3n) is 2.86. The zero-order chi connectivity index (χ0) is 15.0. The van der Waals surface area contributed by atoms with E-state index in [-0.39, 0.29) is 22.7 Å². The van der Waals surface area contributed by atoms with Gasteiger partial charge in [0, 0.05) is 11.8 Å². The van der Waals surface area contributed by atoms with Gasteiger partial charge in [0.1, 0.15) is 22.4 Å². The summed E-state index contributed by atoms with van der Waals surface area (Å²) in [6, 6.07) is 5.11. The molecule has 1 aliphatic heterocycles. The van der Waals surface area contributed by atoms with E-state index in [9.17, 15) is 4.79 Å². The number of rotatable bonds is 2. The van der Waals surface area contributed by atoms with Crippen molar-refractivity contribution in [2.24, 2.45) is 4.99 Å². The molecule has 0 unspecified atom stereocenters. The highest BCUT2D eigenvalue weighted by atomic mass is 35.5. The molecule has 0 N–H and O–H groups in total. The number of aromatic nitrogens is 2. The molecule has 1 aliphatic rings. The van der Waals surface area contributed by atoms with E-state index in [0.717, 1.165) is 0 Å². The molecule has 0 spiro atoms. The fraction of sp³-hybridized carbons (Fsp3) is 0.143. The highest BCUT2D eigenvalue weighted by molar-refractivity contribution is 6.30. The number of furan rings is 1. The number of hydrogen-bond donors (Lipinski definition) is 0. The molecular formula is C14H11ClN4O2. The first-order valence-corrected chi connectivity index (χ1v) is 6.58. The average Bonchev–Trinajstić information content (AvgIpc) is 2.98. The monoisotopic (exact) mass is 302 g/mol. The maximum atomic E-state index is 12.4. The molecule has 1 amide bonds. The van der Waals surface area contributed by atoms with Crippen LogP contribution in [0.2, 0.25) is 5.15 Å². The lowest BCUT2D eigenvalue weighted by Gasteiger charge is -2.13. The second kappa shape index (κ2) is 5.14. The Labute approximate surface area is 125 Å². The summed E-state index contributed by atoms with van der Waals surface area (Å²) >= 11 is 5.92. The number of hydrogen-bond acceptors (Lipinski definition) is 5. The summed E-state index contributed by atoms with van der Waals surface area (Å²) in [5, 5.41) is 0.279. The number of amides is 1. The standard InChI is InChI=1S/C14H11ClN4O2/c1-8-6-12(15)18-14(16-8)19-9(2)17-11(13(19)20)7-10-4-3-5-21-10/h3-7H,1-2H3/b11-7+. The summed E-state index contributed by atoms with van der Waals surface area (Å²) in [6.07, 6.45) is 3.10. The van der Waals surface area contributed by atoms with Gasteiger partial charge in [-0.25, -0.2) is 19.9 Å². The predicted molar refractivity (Wildman–Crippen MR) is 79.1 cm³/mol. The first kappa shape index (κ1) is 13.5. The lowest BCUT2D eigenvalue weighted by Crippen LogP contribution is -2.32. The molecule has 3 rings (SSSR count). The smallest absolute Gasteiger partial charge is 0.285 e. The number of anilines is 1. The molecule has 0 bridgehead atoms. The number of aliphatic imine (C=N–C) groups is 1. The third kappa shape index (κ3) is 2.57. The summed E-state index contributed by atoms with van der Waals surface area (Å²) in [5.74, 6) is 0.944. The lowest BCUT2D eigenvalue weighted by atomic mass is 10.3. The fourth-order valence-corrected chi connectivity index (χ4v) is 2.22. The zero-order valence-electron chi connectivity index (χ0n) is 11.4. The molecule has 106 valence electrons. The molecular weight excluding hydrogens is 292 g/mol. The summed E-state index contributed by atoms with van der Waals surface area (Å²) in [7, 11) is 0. The van der Waals surface area contributed by atoms with Crippen LogP contribution in [-0.4, -0.2) is 21.7 Å². The zero-order valence-corrected chi connectivity index (χ0v) is 12.1. The van der Waals surface area contributed by atoms with Crippen LogP contribution >= 0.6 is 11.6 Å². The van der Waals surface area contributed by atoms with Crippen LogP contribution in [-0.2, 0) is 4.79 Å². The van der Waals surface area contributed by atoms with Crippen molar-refractivity contribution in [1.29, 1.82) is 0 Å². The average molecular weight is 303 g/mol. The summed E-state index contributed by atoms with van der Waals surface area (Å²) in [6.45, 7) is 3.49. The number of amidine groups is 1. The number of aryl methyl sites for hydroxylation is 1. The van der Waals surface area contributed by atoms with Crippen molar-refractivity contribution in [2.45, 2.75) is 13.8 Å². The van der Waals surface area contributed by atoms with Crippen LogP contribution in [0.15, 0.2) is 39.6 Å². The molecule has 3 heterocycles. The Kier molecular flexibility index (Phi) is 3.31. The third-order valence-corrected chi connectivity index (χ3v) is 3.06. The van der Waals surface area contributed by atoms with E-state index in [1.165, 1.54) is 11.2 Å². The van der Waals surface area contributed by atoms with Gasteiger partial charge in [-0.2, -0.15) is 0 Å². The van der Waals surface area contributed by atoms with Crippen molar-refractivity contribution in [1.82, 2.24) is 9.97 Å². The molecule has 21 heavy (non-hydrogen) atoms. The molecule has 0 saturated heterocycles. The van der Waals surface area contributed by atoms with Crippen LogP contribution in [0.1, 0.15) is 18.4 Å². The molecule has 0 aliphatic carbocycles. The Morgan fingerprint density at radius 3 is 2.81 bits per heavy atom. The Balaban J connectivity index is 1.99. The molecule has 0 saturated carbocycles. The van der Waals surface area contributed by atoms with E-state index in [4.69, 9.17) is 16.0 Å². The molecule has 2 aromatic rings. The Morgan fingerprint density at radius 1 is 1.33 bits per heavy atom. The van der Waals surface area contributed by atoms with Crippen LogP contribution in [0, 0.1) is 6.92 Å². The van der Waals surface area contributed by atoms with Crippen molar-refractivity contribution in [3.8, 4) is 0 Å². The van der Waals surface area contributed by atoms with Crippen LogP contribution in [0.4, 0.5) is 5.95 Å². The number of nitrogens with zero attached hydrogens (tertiary/aromatic N) is 4. The minimum atomic E-state index is -0.314. The highest BCUT2D eigenvalue weighted by Gasteiger charge is 2.31. The van der Waals surface area contributed by atoms with Crippen molar-refractivity contribution < 1.29 is 9.21 Å². The minimum absolute atomic E-state index is 0.217. The molecule has 0 fully saturated rings. The van der Waals surface area contributed by atoms with Crippen LogP contribution < -0.4 is 4.90 Å². The number of halogens is 1. The van der Waals surface area contributed by atoms with Crippen molar-refractivity contribution in [3.05, 3.63) is 46.8 Å². The maximum Gasteiger partial charge on any atom is 0.285 e. The van der Waals surface area contributed by atoms with Gasteiger partial charge in [0.05, 0.1) is 6.26 Å². The molecule has 2 aromatic heterocycles. The van der Waals surface area contributed by atoms with Gasteiger partial charge in [0.2, 0.25) is 5.95 Å². The second-order valence-corrected chi connectivity index (χ2v) is 4.86. The van der Waals surface area contributed by atoms with E-state index in [2.05, 4.69) is 15.0 Å².